The Bertz CT molecular complexity index is 1240. The maximum atomic E-state index is 13.5. The van der Waals surface area contributed by atoms with Crippen LogP contribution in [0.25, 0.3) is 0 Å². The molecule has 8 heteroatoms. The summed E-state index contributed by atoms with van der Waals surface area (Å²) in [6.07, 6.45) is -2.92. The molecular weight excluding hydrogens is 500 g/mol. The van der Waals surface area contributed by atoms with Gasteiger partial charge in [-0.3, -0.25) is 4.79 Å². The number of carbonyl (C=O) groups excluding carboxylic acids is 3. The summed E-state index contributed by atoms with van der Waals surface area (Å²) in [5, 5.41) is 12.0. The molecule has 0 radical (unpaired) electrons. The van der Waals surface area contributed by atoms with Gasteiger partial charge in [0.25, 0.3) is 0 Å². The predicted octanol–water partition coefficient (Wildman–Crippen LogP) is 4.34. The van der Waals surface area contributed by atoms with E-state index in [1.54, 1.807) is 54.6 Å². The first kappa shape index (κ1) is 27.3. The fourth-order valence-electron chi connectivity index (χ4n) is 7.47. The number of hydrogen-bond donors (Lipinski definition) is 1. The predicted molar refractivity (Wildman–Crippen MR) is 141 cm³/mol. The Labute approximate surface area is 228 Å². The second-order valence-corrected chi connectivity index (χ2v) is 11.8. The first-order valence-corrected chi connectivity index (χ1v) is 13.5. The molecule has 2 aromatic rings. The molecule has 1 aliphatic heterocycles. The van der Waals surface area contributed by atoms with Crippen molar-refractivity contribution >= 4 is 17.9 Å². The molecule has 1 N–H and O–H groups in total. The molecule has 3 fully saturated rings. The monoisotopic (exact) mass is 536 g/mol. The third-order valence-electron chi connectivity index (χ3n) is 9.17. The van der Waals surface area contributed by atoms with Gasteiger partial charge in [-0.15, -0.1) is 0 Å². The molecule has 2 saturated carbocycles. The highest BCUT2D eigenvalue weighted by Gasteiger charge is 2.81. The van der Waals surface area contributed by atoms with Gasteiger partial charge in [0, 0.05) is 6.92 Å². The van der Waals surface area contributed by atoms with E-state index >= 15 is 0 Å². The Morgan fingerprint density at radius 3 is 1.92 bits per heavy atom. The van der Waals surface area contributed by atoms with E-state index in [2.05, 4.69) is 0 Å². The summed E-state index contributed by atoms with van der Waals surface area (Å²) in [6.45, 7) is 8.80. The molecule has 8 unspecified atom stereocenters. The van der Waals surface area contributed by atoms with E-state index in [4.69, 9.17) is 18.9 Å². The van der Waals surface area contributed by atoms with Gasteiger partial charge < -0.3 is 24.1 Å². The van der Waals surface area contributed by atoms with E-state index in [0.29, 0.717) is 24.0 Å². The Morgan fingerprint density at radius 2 is 1.38 bits per heavy atom. The van der Waals surface area contributed by atoms with E-state index in [1.165, 1.54) is 6.92 Å². The van der Waals surface area contributed by atoms with Crippen molar-refractivity contribution in [3.8, 4) is 0 Å². The topological polar surface area (TPSA) is 108 Å². The summed E-state index contributed by atoms with van der Waals surface area (Å²) in [6, 6.07) is 17.2. The molecule has 5 rings (SSSR count). The lowest BCUT2D eigenvalue weighted by atomic mass is 9.48. The second kappa shape index (κ2) is 9.75. The van der Waals surface area contributed by atoms with Crippen LogP contribution in [0.2, 0.25) is 0 Å². The first-order chi connectivity index (χ1) is 18.4. The number of aliphatic hydroxyl groups excluding tert-OH is 1. The molecule has 1 saturated heterocycles. The van der Waals surface area contributed by atoms with Crippen molar-refractivity contribution in [1.82, 2.24) is 0 Å². The minimum absolute atomic E-state index is 0.176. The molecule has 8 nitrogen and oxygen atoms in total. The summed E-state index contributed by atoms with van der Waals surface area (Å²) < 4.78 is 25.1. The smallest absolute Gasteiger partial charge is 0.338 e. The van der Waals surface area contributed by atoms with E-state index in [9.17, 15) is 19.5 Å². The van der Waals surface area contributed by atoms with Crippen LogP contribution in [-0.2, 0) is 23.7 Å². The zero-order chi connectivity index (χ0) is 28.2. The normalized spacial score (nSPS) is 36.4. The fraction of sp³-hybridized carbons (Fsp3) is 0.516. The number of fused-ring (bicyclic) bond motifs is 1. The quantitative estimate of drug-likeness (QED) is 0.444. The van der Waals surface area contributed by atoms with Crippen molar-refractivity contribution in [3.05, 3.63) is 71.8 Å². The van der Waals surface area contributed by atoms with Gasteiger partial charge in [0.05, 0.1) is 34.2 Å². The molecule has 208 valence electrons. The van der Waals surface area contributed by atoms with E-state index in [1.807, 2.05) is 33.8 Å². The zero-order valence-electron chi connectivity index (χ0n) is 23.0. The highest BCUT2D eigenvalue weighted by Crippen LogP contribution is 2.67. The van der Waals surface area contributed by atoms with Crippen molar-refractivity contribution in [1.29, 1.82) is 0 Å². The zero-order valence-corrected chi connectivity index (χ0v) is 23.0. The number of carbonyl (C=O) groups is 3. The highest BCUT2D eigenvalue weighted by molar-refractivity contribution is 5.90. The third kappa shape index (κ3) is 4.16. The molecule has 2 bridgehead atoms. The van der Waals surface area contributed by atoms with E-state index in [0.717, 1.165) is 0 Å². The lowest BCUT2D eigenvalue weighted by molar-refractivity contribution is -0.294. The molecule has 3 aliphatic rings. The summed E-state index contributed by atoms with van der Waals surface area (Å²) >= 11 is 0. The van der Waals surface area contributed by atoms with Crippen LogP contribution >= 0.6 is 0 Å². The Balaban J connectivity index is 1.65. The Morgan fingerprint density at radius 1 is 0.846 bits per heavy atom. The summed E-state index contributed by atoms with van der Waals surface area (Å²) in [4.78, 5) is 39.2. The molecule has 0 amide bonds. The minimum atomic E-state index is -1.26. The fourth-order valence-corrected chi connectivity index (χ4v) is 7.47. The average Bonchev–Trinajstić information content (AvgIpc) is 3.09. The van der Waals surface area contributed by atoms with Crippen LogP contribution in [0, 0.1) is 17.3 Å². The SMILES string of the molecule is CC(=O)OC1C2C(O)C3(OC2(C)C)C(C)CCC(OC(=O)c2ccccc2)C3(C)C1OC(=O)c1ccccc1. The molecule has 1 spiro atoms. The molecular formula is C31H36O8. The molecule has 1 heterocycles. The standard InChI is InChI=1S/C31H36O8/c1-18-16-17-22(37-27(34)20-12-8-6-9-13-20)30(5)26(38-28(35)21-14-10-7-11-15-21)24(36-19(2)32)23-25(33)31(18,30)39-29(23,3)4/h6-15,18,22-26,33H,16-17H2,1-5H3. The van der Waals surface area contributed by atoms with Crippen molar-refractivity contribution < 1.29 is 38.4 Å². The van der Waals surface area contributed by atoms with Gasteiger partial charge in [-0.25, -0.2) is 9.59 Å². The van der Waals surface area contributed by atoms with E-state index < -0.39 is 64.9 Å². The van der Waals surface area contributed by atoms with Crippen LogP contribution in [-0.4, -0.2) is 58.6 Å². The van der Waals surface area contributed by atoms with Crippen LogP contribution < -0.4 is 0 Å². The number of esters is 3. The first-order valence-electron chi connectivity index (χ1n) is 13.5. The van der Waals surface area contributed by atoms with Crippen LogP contribution in [0.4, 0.5) is 0 Å². The third-order valence-corrected chi connectivity index (χ3v) is 9.17. The van der Waals surface area contributed by atoms with Crippen molar-refractivity contribution in [2.75, 3.05) is 0 Å². The summed E-state index contributed by atoms with van der Waals surface area (Å²) in [5.41, 5.74) is -2.72. The Hall–Kier alpha value is -3.23. The van der Waals surface area contributed by atoms with Gasteiger partial charge in [-0.05, 0) is 63.8 Å². The van der Waals surface area contributed by atoms with Gasteiger partial charge in [-0.2, -0.15) is 0 Å². The minimum Gasteiger partial charge on any atom is -0.458 e. The lowest BCUT2D eigenvalue weighted by Gasteiger charge is -2.62. The number of benzene rings is 2. The number of hydrogen-bond acceptors (Lipinski definition) is 8. The molecule has 39 heavy (non-hydrogen) atoms. The van der Waals surface area contributed by atoms with Crippen LogP contribution in [0.3, 0.4) is 0 Å². The molecule has 2 aromatic carbocycles. The number of ether oxygens (including phenoxy) is 4. The largest absolute Gasteiger partial charge is 0.458 e. The van der Waals surface area contributed by atoms with Gasteiger partial charge in [0.2, 0.25) is 0 Å². The lowest BCUT2D eigenvalue weighted by Crippen LogP contribution is -2.76. The highest BCUT2D eigenvalue weighted by atomic mass is 16.6. The van der Waals surface area contributed by atoms with Crippen molar-refractivity contribution in [2.24, 2.45) is 17.3 Å². The van der Waals surface area contributed by atoms with Gasteiger partial charge >= 0.3 is 17.9 Å². The summed E-state index contributed by atoms with van der Waals surface area (Å²) in [5.74, 6) is -2.57. The van der Waals surface area contributed by atoms with E-state index in [-0.39, 0.29) is 5.92 Å². The molecule has 0 aromatic heterocycles. The molecule has 2 aliphatic carbocycles. The maximum absolute atomic E-state index is 13.5. The second-order valence-electron chi connectivity index (χ2n) is 11.8. The van der Waals surface area contributed by atoms with Gasteiger partial charge in [0.1, 0.15) is 17.8 Å². The van der Waals surface area contributed by atoms with Crippen LogP contribution in [0.15, 0.2) is 60.7 Å². The maximum Gasteiger partial charge on any atom is 0.338 e. The van der Waals surface area contributed by atoms with Gasteiger partial charge in [-0.1, -0.05) is 43.3 Å². The number of aliphatic hydroxyl groups is 1. The van der Waals surface area contributed by atoms with Crippen molar-refractivity contribution in [2.45, 2.75) is 83.1 Å². The number of rotatable bonds is 5. The molecule has 8 atom stereocenters. The van der Waals surface area contributed by atoms with Gasteiger partial charge in [0.15, 0.2) is 6.10 Å². The van der Waals surface area contributed by atoms with Crippen molar-refractivity contribution in [3.63, 3.8) is 0 Å². The average molecular weight is 537 g/mol. The van der Waals surface area contributed by atoms with Crippen LogP contribution in [0.1, 0.15) is 68.2 Å². The Kier molecular flexibility index (Phi) is 6.84. The van der Waals surface area contributed by atoms with Crippen LogP contribution in [0.5, 0.6) is 0 Å². The summed E-state index contributed by atoms with van der Waals surface area (Å²) in [7, 11) is 0.